The third-order valence-corrected chi connectivity index (χ3v) is 9.43. The molecule has 1 amide bonds. The summed E-state index contributed by atoms with van der Waals surface area (Å²) in [6.45, 7) is 4.45. The number of amides is 1. The largest absolute Gasteiger partial charge is 0.756 e. The molecular weight excluding hydrogens is 659 g/mol. The summed E-state index contributed by atoms with van der Waals surface area (Å²) >= 11 is 0. The third-order valence-electron chi connectivity index (χ3n) is 8.46. The lowest BCUT2D eigenvalue weighted by atomic mass is 10.1. The molecule has 8 nitrogen and oxygen atoms in total. The van der Waals surface area contributed by atoms with Crippen molar-refractivity contribution in [2.24, 2.45) is 0 Å². The average Bonchev–Trinajstić information content (AvgIpc) is 3.07. The number of carbonyl (C=O) groups excluding carboxylic acids is 1. The van der Waals surface area contributed by atoms with E-state index in [1.165, 1.54) is 64.2 Å². The average molecular weight is 737 g/mol. The van der Waals surface area contributed by atoms with Gasteiger partial charge in [-0.1, -0.05) is 139 Å². The minimum atomic E-state index is -4.60. The van der Waals surface area contributed by atoms with Gasteiger partial charge >= 0.3 is 0 Å². The lowest BCUT2D eigenvalue weighted by molar-refractivity contribution is -0.870. The van der Waals surface area contributed by atoms with Gasteiger partial charge in [-0.3, -0.25) is 9.36 Å². The second-order valence-corrected chi connectivity index (χ2v) is 16.0. The molecule has 0 fully saturated rings. The van der Waals surface area contributed by atoms with E-state index in [9.17, 15) is 19.4 Å². The molecule has 0 bridgehead atoms. The molecule has 3 atom stereocenters. The number of aliphatic hydroxyl groups is 1. The maximum Gasteiger partial charge on any atom is 0.268 e. The van der Waals surface area contributed by atoms with Crippen molar-refractivity contribution in [3.05, 3.63) is 60.8 Å². The summed E-state index contributed by atoms with van der Waals surface area (Å²) in [5.74, 6) is -0.240. The Morgan fingerprint density at radius 1 is 0.706 bits per heavy atom. The second kappa shape index (κ2) is 34.0. The van der Waals surface area contributed by atoms with Gasteiger partial charge in [0.15, 0.2) is 0 Å². The molecule has 0 spiro atoms. The molecule has 0 aliphatic heterocycles. The van der Waals surface area contributed by atoms with Gasteiger partial charge in [0.1, 0.15) is 13.2 Å². The highest BCUT2D eigenvalue weighted by atomic mass is 31.2. The minimum Gasteiger partial charge on any atom is -0.756 e. The molecule has 51 heavy (non-hydrogen) atoms. The first kappa shape index (κ1) is 49.2. The molecule has 0 aliphatic carbocycles. The van der Waals surface area contributed by atoms with Gasteiger partial charge in [-0.2, -0.15) is 0 Å². The molecule has 296 valence electrons. The van der Waals surface area contributed by atoms with E-state index in [0.29, 0.717) is 23.9 Å². The van der Waals surface area contributed by atoms with Crippen LogP contribution in [-0.2, 0) is 18.4 Å². The summed E-state index contributed by atoms with van der Waals surface area (Å²) < 4.78 is 23.1. The van der Waals surface area contributed by atoms with E-state index < -0.39 is 26.6 Å². The van der Waals surface area contributed by atoms with Crippen molar-refractivity contribution in [2.75, 3.05) is 40.9 Å². The zero-order valence-electron chi connectivity index (χ0n) is 33.3. The molecule has 0 aromatic heterocycles. The van der Waals surface area contributed by atoms with Gasteiger partial charge in [-0.05, 0) is 64.2 Å². The lowest BCUT2D eigenvalue weighted by Crippen LogP contribution is -2.45. The van der Waals surface area contributed by atoms with E-state index in [0.717, 1.165) is 57.8 Å². The molecule has 0 aromatic carbocycles. The van der Waals surface area contributed by atoms with Crippen LogP contribution in [0.25, 0.3) is 0 Å². The number of likely N-dealkylation sites (N-methyl/N-ethyl adjacent to an activating group) is 1. The van der Waals surface area contributed by atoms with Gasteiger partial charge in [0.2, 0.25) is 5.91 Å². The SMILES string of the molecule is CC/C=C\C/C=C\C/C=C\CCCCCC(=O)NC(COP(=O)([O-])OCC[N+](C)(C)C)C(O)/C=C/CC/C=C/CCCCCCCCCCCC. The van der Waals surface area contributed by atoms with Gasteiger partial charge in [0.25, 0.3) is 7.82 Å². The van der Waals surface area contributed by atoms with E-state index in [-0.39, 0.29) is 12.5 Å². The Morgan fingerprint density at radius 3 is 1.82 bits per heavy atom. The first-order valence-electron chi connectivity index (χ1n) is 20.2. The fourth-order valence-electron chi connectivity index (χ4n) is 5.24. The molecule has 2 N–H and O–H groups in total. The molecule has 0 aliphatic rings. The number of nitrogens with one attached hydrogen (secondary N) is 1. The predicted molar refractivity (Wildman–Crippen MR) is 214 cm³/mol. The monoisotopic (exact) mass is 737 g/mol. The van der Waals surface area contributed by atoms with Crippen LogP contribution in [0, 0.1) is 0 Å². The fraction of sp³-hybridized carbons (Fsp3) is 0.738. The van der Waals surface area contributed by atoms with E-state index in [1.54, 1.807) is 6.08 Å². The van der Waals surface area contributed by atoms with Gasteiger partial charge in [-0.25, -0.2) is 0 Å². The maximum atomic E-state index is 12.8. The van der Waals surface area contributed by atoms with Gasteiger partial charge in [-0.15, -0.1) is 0 Å². The summed E-state index contributed by atoms with van der Waals surface area (Å²) in [6.07, 6.45) is 42.7. The van der Waals surface area contributed by atoms with Crippen LogP contribution >= 0.6 is 7.82 Å². The Hall–Kier alpha value is -1.80. The van der Waals surface area contributed by atoms with Crippen LogP contribution in [0.5, 0.6) is 0 Å². The zero-order chi connectivity index (χ0) is 37.9. The number of phosphoric acid groups is 1. The molecule has 0 radical (unpaired) electrons. The van der Waals surface area contributed by atoms with Crippen LogP contribution in [0.3, 0.4) is 0 Å². The second-order valence-electron chi connectivity index (χ2n) is 14.6. The standard InChI is InChI=1S/C42H77N2O6P/c1-6-8-10-12-14-16-18-20-21-22-24-25-27-29-31-33-35-41(45)40(39-50-51(47,48)49-38-37-44(3,4)5)43-42(46)36-34-32-30-28-26-23-19-17-15-13-11-9-7-2/h9,11,15,17,23,25-27,33,35,40-41,45H,6-8,10,12-14,16,18-22,24,28-32,34,36-39H2,1-5H3,(H-,43,46,47,48)/b11-9-,17-15-,26-23-,27-25+,35-33+. The quantitative estimate of drug-likeness (QED) is 0.0290. The number of carbonyl (C=O) groups is 1. The van der Waals surface area contributed by atoms with Gasteiger partial charge in [0, 0.05) is 6.42 Å². The Morgan fingerprint density at radius 2 is 1.22 bits per heavy atom. The Balaban J connectivity index is 4.62. The lowest BCUT2D eigenvalue weighted by Gasteiger charge is -2.29. The summed E-state index contributed by atoms with van der Waals surface area (Å²) in [7, 11) is 1.21. The van der Waals surface area contributed by atoms with Crippen molar-refractivity contribution < 1.29 is 32.9 Å². The maximum absolute atomic E-state index is 12.8. The summed E-state index contributed by atoms with van der Waals surface area (Å²) in [5.41, 5.74) is 0. The molecule has 9 heteroatoms. The van der Waals surface area contributed by atoms with Crippen LogP contribution in [0.4, 0.5) is 0 Å². The fourth-order valence-corrected chi connectivity index (χ4v) is 5.96. The molecule has 3 unspecified atom stereocenters. The summed E-state index contributed by atoms with van der Waals surface area (Å²) in [6, 6.07) is -0.918. The minimum absolute atomic E-state index is 0.0149. The molecule has 0 rings (SSSR count). The topological polar surface area (TPSA) is 108 Å². The number of hydrogen-bond acceptors (Lipinski definition) is 6. The van der Waals surface area contributed by atoms with Crippen molar-refractivity contribution in [1.82, 2.24) is 5.32 Å². The highest BCUT2D eigenvalue weighted by Crippen LogP contribution is 2.38. The number of hydrogen-bond donors (Lipinski definition) is 2. The van der Waals surface area contributed by atoms with Crippen LogP contribution < -0.4 is 10.2 Å². The number of rotatable bonds is 35. The molecule has 0 saturated carbocycles. The summed E-state index contributed by atoms with van der Waals surface area (Å²) in [5, 5.41) is 13.7. The first-order chi connectivity index (χ1) is 24.5. The van der Waals surface area contributed by atoms with E-state index in [2.05, 4.69) is 67.8 Å². The number of quaternary nitrogens is 1. The van der Waals surface area contributed by atoms with Gasteiger partial charge in [0.05, 0.1) is 39.9 Å². The van der Waals surface area contributed by atoms with Gasteiger partial charge < -0.3 is 28.8 Å². The summed E-state index contributed by atoms with van der Waals surface area (Å²) in [4.78, 5) is 25.2. The van der Waals surface area contributed by atoms with Crippen LogP contribution in [-0.4, -0.2) is 68.5 Å². The van der Waals surface area contributed by atoms with E-state index >= 15 is 0 Å². The third kappa shape index (κ3) is 36.4. The predicted octanol–water partition coefficient (Wildman–Crippen LogP) is 10.1. The van der Waals surface area contributed by atoms with Crippen LogP contribution in [0.2, 0.25) is 0 Å². The molecular formula is C42H77N2O6P. The number of aliphatic hydroxyl groups excluding tert-OH is 1. The molecule has 0 heterocycles. The Labute approximate surface area is 313 Å². The smallest absolute Gasteiger partial charge is 0.268 e. The number of allylic oxidation sites excluding steroid dienone is 9. The Bertz CT molecular complexity index is 1020. The van der Waals surface area contributed by atoms with E-state index in [1.807, 2.05) is 27.2 Å². The number of nitrogens with zero attached hydrogens (tertiary/aromatic N) is 1. The van der Waals surface area contributed by atoms with Crippen molar-refractivity contribution in [3.8, 4) is 0 Å². The van der Waals surface area contributed by atoms with Crippen LogP contribution in [0.1, 0.15) is 149 Å². The van der Waals surface area contributed by atoms with Crippen molar-refractivity contribution >= 4 is 13.7 Å². The first-order valence-corrected chi connectivity index (χ1v) is 21.6. The molecule has 0 saturated heterocycles. The number of phosphoric ester groups is 1. The van der Waals surface area contributed by atoms with Crippen LogP contribution in [0.15, 0.2) is 60.8 Å². The van der Waals surface area contributed by atoms with E-state index in [4.69, 9.17) is 9.05 Å². The van der Waals surface area contributed by atoms with Crippen molar-refractivity contribution in [2.45, 2.75) is 161 Å². The molecule has 0 aromatic rings. The highest BCUT2D eigenvalue weighted by Gasteiger charge is 2.23. The van der Waals surface area contributed by atoms with Crippen molar-refractivity contribution in [1.29, 1.82) is 0 Å². The highest BCUT2D eigenvalue weighted by molar-refractivity contribution is 7.45. The van der Waals surface area contributed by atoms with Crippen molar-refractivity contribution in [3.63, 3.8) is 0 Å². The number of unbranched alkanes of at least 4 members (excludes halogenated alkanes) is 14. The zero-order valence-corrected chi connectivity index (χ0v) is 34.2. The Kier molecular flexibility index (Phi) is 32.8. The normalized spacial score (nSPS) is 15.2.